The van der Waals surface area contributed by atoms with Gasteiger partial charge in [-0.3, -0.25) is 10.1 Å². The van der Waals surface area contributed by atoms with Crippen LogP contribution in [0.1, 0.15) is 19.3 Å². The van der Waals surface area contributed by atoms with Crippen molar-refractivity contribution in [2.45, 2.75) is 19.3 Å². The van der Waals surface area contributed by atoms with Gasteiger partial charge in [-0.05, 0) is 19.3 Å². The largest absolute Gasteiger partial charge is 0.353 e. The number of rotatable bonds is 3. The van der Waals surface area contributed by atoms with E-state index in [9.17, 15) is 10.1 Å². The molecule has 0 aliphatic carbocycles. The maximum absolute atomic E-state index is 11.5. The van der Waals surface area contributed by atoms with Crippen molar-refractivity contribution in [3.05, 3.63) is 16.4 Å². The van der Waals surface area contributed by atoms with Crippen molar-refractivity contribution in [3.8, 4) is 0 Å². The average Bonchev–Trinajstić information content (AvgIpc) is 3.01. The number of hydrogen-bond acceptors (Lipinski definition) is 7. The maximum atomic E-state index is 11.5. The van der Waals surface area contributed by atoms with Crippen molar-refractivity contribution in [1.29, 1.82) is 0 Å². The molecule has 108 valence electrons. The van der Waals surface area contributed by atoms with E-state index in [1.54, 1.807) is 11.8 Å². The first-order valence-corrected chi connectivity index (χ1v) is 8.00. The topological polar surface area (TPSA) is 75.4 Å². The lowest BCUT2D eigenvalue weighted by Crippen LogP contribution is -2.31. The monoisotopic (exact) mass is 295 g/mol. The van der Waals surface area contributed by atoms with Crippen LogP contribution in [0.25, 0.3) is 0 Å². The standard InChI is InChI=1S/C12H17N5O2S/c18-17(19)10-11(15-4-2-1-3-5-15)13-8-14-12(10)16-6-7-20-9-16/h8H,1-7,9H2. The van der Waals surface area contributed by atoms with Crippen LogP contribution < -0.4 is 9.80 Å². The summed E-state index contributed by atoms with van der Waals surface area (Å²) in [5.74, 6) is 2.70. The van der Waals surface area contributed by atoms with E-state index in [2.05, 4.69) is 9.97 Å². The Kier molecular flexibility index (Phi) is 3.90. The molecule has 0 radical (unpaired) electrons. The molecule has 8 heteroatoms. The average molecular weight is 295 g/mol. The zero-order valence-corrected chi connectivity index (χ0v) is 12.0. The number of aromatic nitrogens is 2. The lowest BCUT2D eigenvalue weighted by atomic mass is 10.1. The predicted octanol–water partition coefficient (Wildman–Crippen LogP) is 1.89. The highest BCUT2D eigenvalue weighted by atomic mass is 32.2. The molecule has 0 amide bonds. The Morgan fingerprint density at radius 2 is 1.80 bits per heavy atom. The van der Waals surface area contributed by atoms with Crippen LogP contribution in [0.15, 0.2) is 6.33 Å². The van der Waals surface area contributed by atoms with Gasteiger partial charge in [-0.15, -0.1) is 11.8 Å². The first-order chi connectivity index (χ1) is 9.77. The van der Waals surface area contributed by atoms with Crippen molar-refractivity contribution >= 4 is 29.1 Å². The van der Waals surface area contributed by atoms with E-state index in [1.165, 1.54) is 12.7 Å². The predicted molar refractivity (Wildman–Crippen MR) is 79.4 cm³/mol. The fourth-order valence-electron chi connectivity index (χ4n) is 2.67. The van der Waals surface area contributed by atoms with Gasteiger partial charge >= 0.3 is 5.69 Å². The van der Waals surface area contributed by atoms with E-state index in [1.807, 2.05) is 9.80 Å². The summed E-state index contributed by atoms with van der Waals surface area (Å²) >= 11 is 1.77. The van der Waals surface area contributed by atoms with Crippen molar-refractivity contribution in [3.63, 3.8) is 0 Å². The Labute approximate surface area is 121 Å². The maximum Gasteiger partial charge on any atom is 0.353 e. The van der Waals surface area contributed by atoms with Gasteiger partial charge in [-0.2, -0.15) is 0 Å². The Hall–Kier alpha value is -1.57. The fraction of sp³-hybridized carbons (Fsp3) is 0.667. The number of thioether (sulfide) groups is 1. The summed E-state index contributed by atoms with van der Waals surface area (Å²) in [5, 5.41) is 11.5. The molecule has 0 aromatic carbocycles. The molecule has 1 aromatic heterocycles. The Bertz CT molecular complexity index is 501. The van der Waals surface area contributed by atoms with Crippen molar-refractivity contribution in [2.24, 2.45) is 0 Å². The molecular weight excluding hydrogens is 278 g/mol. The molecule has 2 fully saturated rings. The summed E-state index contributed by atoms with van der Waals surface area (Å²) < 4.78 is 0. The van der Waals surface area contributed by atoms with Gasteiger partial charge in [0.05, 0.1) is 10.8 Å². The van der Waals surface area contributed by atoms with Crippen molar-refractivity contribution < 1.29 is 4.92 Å². The zero-order chi connectivity index (χ0) is 13.9. The third-order valence-corrected chi connectivity index (χ3v) is 4.64. The molecule has 3 rings (SSSR count). The molecule has 0 N–H and O–H groups in total. The zero-order valence-electron chi connectivity index (χ0n) is 11.2. The van der Waals surface area contributed by atoms with Crippen LogP contribution in [-0.4, -0.2) is 46.2 Å². The minimum atomic E-state index is -0.331. The van der Waals surface area contributed by atoms with E-state index in [4.69, 9.17) is 0 Å². The minimum Gasteiger partial charge on any atom is -0.351 e. The van der Waals surface area contributed by atoms with Gasteiger partial charge in [0.2, 0.25) is 11.6 Å². The van der Waals surface area contributed by atoms with Gasteiger partial charge in [0.1, 0.15) is 6.33 Å². The highest BCUT2D eigenvalue weighted by molar-refractivity contribution is 7.99. The minimum absolute atomic E-state index is 0.0666. The summed E-state index contributed by atoms with van der Waals surface area (Å²) in [4.78, 5) is 23.5. The highest BCUT2D eigenvalue weighted by Gasteiger charge is 2.31. The first kappa shape index (κ1) is 13.4. The molecule has 1 aromatic rings. The number of hydrogen-bond donors (Lipinski definition) is 0. The lowest BCUT2D eigenvalue weighted by Gasteiger charge is -2.28. The smallest absolute Gasteiger partial charge is 0.351 e. The molecular formula is C12H17N5O2S. The van der Waals surface area contributed by atoms with E-state index >= 15 is 0 Å². The second-order valence-corrected chi connectivity index (χ2v) is 6.05. The van der Waals surface area contributed by atoms with Crippen LogP contribution in [0.2, 0.25) is 0 Å². The third kappa shape index (κ3) is 2.52. The van der Waals surface area contributed by atoms with Crippen LogP contribution in [0.4, 0.5) is 17.3 Å². The summed E-state index contributed by atoms with van der Waals surface area (Å²) in [5.41, 5.74) is 0.0666. The molecule has 0 atom stereocenters. The molecule has 2 aliphatic rings. The van der Waals surface area contributed by atoms with Gasteiger partial charge in [0.25, 0.3) is 0 Å². The molecule has 2 aliphatic heterocycles. The van der Waals surface area contributed by atoms with Crippen LogP contribution in [0.3, 0.4) is 0 Å². The number of nitrogens with zero attached hydrogens (tertiary/aromatic N) is 5. The molecule has 2 saturated heterocycles. The summed E-state index contributed by atoms with van der Waals surface area (Å²) in [6.45, 7) is 2.49. The van der Waals surface area contributed by atoms with Gasteiger partial charge in [0.15, 0.2) is 0 Å². The van der Waals surface area contributed by atoms with Gasteiger partial charge in [0, 0.05) is 25.4 Å². The lowest BCUT2D eigenvalue weighted by molar-refractivity contribution is -0.383. The highest BCUT2D eigenvalue weighted by Crippen LogP contribution is 2.36. The number of piperidine rings is 1. The Morgan fingerprint density at radius 3 is 2.40 bits per heavy atom. The van der Waals surface area contributed by atoms with Gasteiger partial charge in [-0.25, -0.2) is 9.97 Å². The Balaban J connectivity index is 2.00. The normalized spacial score (nSPS) is 19.4. The van der Waals surface area contributed by atoms with Crippen LogP contribution in [-0.2, 0) is 0 Å². The third-order valence-electron chi connectivity index (χ3n) is 3.67. The summed E-state index contributed by atoms with van der Waals surface area (Å²) in [7, 11) is 0. The summed E-state index contributed by atoms with van der Waals surface area (Å²) in [6.07, 6.45) is 4.77. The van der Waals surface area contributed by atoms with E-state index in [-0.39, 0.29) is 10.6 Å². The fourth-order valence-corrected chi connectivity index (χ4v) is 3.62. The second kappa shape index (κ2) is 5.82. The molecule has 0 bridgehead atoms. The van der Waals surface area contributed by atoms with Crippen LogP contribution in [0, 0.1) is 10.1 Å². The SMILES string of the molecule is O=[N+]([O-])c1c(N2CCCCC2)ncnc1N1CCSC1. The van der Waals surface area contributed by atoms with Crippen molar-refractivity contribution in [1.82, 2.24) is 9.97 Å². The van der Waals surface area contributed by atoms with E-state index in [0.717, 1.165) is 44.1 Å². The van der Waals surface area contributed by atoms with Gasteiger partial charge < -0.3 is 9.80 Å². The molecule has 0 saturated carbocycles. The number of anilines is 2. The summed E-state index contributed by atoms with van der Waals surface area (Å²) in [6, 6.07) is 0. The molecule has 3 heterocycles. The quantitative estimate of drug-likeness (QED) is 0.622. The van der Waals surface area contributed by atoms with Crippen molar-refractivity contribution in [2.75, 3.05) is 41.1 Å². The molecule has 7 nitrogen and oxygen atoms in total. The first-order valence-electron chi connectivity index (χ1n) is 6.84. The van der Waals surface area contributed by atoms with E-state index < -0.39 is 0 Å². The number of nitro groups is 1. The Morgan fingerprint density at radius 1 is 1.10 bits per heavy atom. The van der Waals surface area contributed by atoms with Crippen LogP contribution in [0.5, 0.6) is 0 Å². The molecule has 0 spiro atoms. The van der Waals surface area contributed by atoms with Gasteiger partial charge in [-0.1, -0.05) is 0 Å². The van der Waals surface area contributed by atoms with Crippen LogP contribution >= 0.6 is 11.8 Å². The molecule has 20 heavy (non-hydrogen) atoms. The molecule has 0 unspecified atom stereocenters. The second-order valence-electron chi connectivity index (χ2n) is 4.98. The van der Waals surface area contributed by atoms with E-state index in [0.29, 0.717) is 11.6 Å².